The van der Waals surface area contributed by atoms with Crippen LogP contribution in [0.25, 0.3) is 0 Å². The highest BCUT2D eigenvalue weighted by molar-refractivity contribution is 6.30. The Morgan fingerprint density at radius 2 is 1.90 bits per heavy atom. The first-order valence-corrected chi connectivity index (χ1v) is 10.4. The zero-order valence-electron chi connectivity index (χ0n) is 17.2. The van der Waals surface area contributed by atoms with Crippen molar-refractivity contribution < 1.29 is 14.4 Å². The summed E-state index contributed by atoms with van der Waals surface area (Å²) in [5.74, 6) is -0.946. The highest BCUT2D eigenvalue weighted by Crippen LogP contribution is 2.26. The molecule has 1 aliphatic heterocycles. The number of hydrogen-bond donors (Lipinski definition) is 2. The lowest BCUT2D eigenvalue weighted by Gasteiger charge is -2.17. The van der Waals surface area contributed by atoms with Gasteiger partial charge in [0.1, 0.15) is 5.92 Å². The fourth-order valence-corrected chi connectivity index (χ4v) is 3.58. The average molecular weight is 428 g/mol. The number of carbonyl (C=O) groups excluding carboxylic acids is 3. The van der Waals surface area contributed by atoms with Gasteiger partial charge >= 0.3 is 0 Å². The van der Waals surface area contributed by atoms with Crippen LogP contribution in [0.1, 0.15) is 32.3 Å². The van der Waals surface area contributed by atoms with E-state index in [0.29, 0.717) is 30.1 Å². The molecule has 1 saturated heterocycles. The monoisotopic (exact) mass is 427 g/mol. The summed E-state index contributed by atoms with van der Waals surface area (Å²) in [5.41, 5.74) is 2.29. The summed E-state index contributed by atoms with van der Waals surface area (Å²) in [5, 5.41) is 6.31. The standard InChI is InChI=1S/C23H26ClN3O3/c1-15(2)12-21(28)26-18-5-3-4-16(13-18)14-25-22(29)20-10-11-27(23(20)30)19-8-6-17(24)7-9-19/h3-9,13,15,20H,10-12,14H2,1-2H3,(H,25,29)(H,26,28). The van der Waals surface area contributed by atoms with E-state index in [1.54, 1.807) is 29.2 Å². The molecule has 1 heterocycles. The molecule has 7 heteroatoms. The molecule has 1 fully saturated rings. The second kappa shape index (κ2) is 9.76. The minimum Gasteiger partial charge on any atom is -0.351 e. The molecular formula is C23H26ClN3O3. The summed E-state index contributed by atoms with van der Waals surface area (Å²) in [6.45, 7) is 4.77. The summed E-state index contributed by atoms with van der Waals surface area (Å²) in [7, 11) is 0. The highest BCUT2D eigenvalue weighted by Gasteiger charge is 2.37. The van der Waals surface area contributed by atoms with Gasteiger partial charge in [0.2, 0.25) is 17.7 Å². The van der Waals surface area contributed by atoms with Crippen molar-refractivity contribution in [3.8, 4) is 0 Å². The minimum atomic E-state index is -0.699. The van der Waals surface area contributed by atoms with E-state index in [2.05, 4.69) is 10.6 Å². The predicted octanol–water partition coefficient (Wildman–Crippen LogP) is 3.99. The topological polar surface area (TPSA) is 78.5 Å². The fourth-order valence-electron chi connectivity index (χ4n) is 3.45. The Balaban J connectivity index is 1.55. The van der Waals surface area contributed by atoms with Gasteiger partial charge in [0.05, 0.1) is 0 Å². The number of anilines is 2. The molecule has 2 N–H and O–H groups in total. The third-order valence-electron chi connectivity index (χ3n) is 4.93. The quantitative estimate of drug-likeness (QED) is 0.655. The van der Waals surface area contributed by atoms with Gasteiger partial charge < -0.3 is 15.5 Å². The molecule has 1 unspecified atom stereocenters. The third kappa shape index (κ3) is 5.60. The summed E-state index contributed by atoms with van der Waals surface area (Å²) < 4.78 is 0. The van der Waals surface area contributed by atoms with Crippen molar-refractivity contribution in [3.63, 3.8) is 0 Å². The van der Waals surface area contributed by atoms with Crippen LogP contribution < -0.4 is 15.5 Å². The van der Waals surface area contributed by atoms with Crippen LogP contribution in [0.4, 0.5) is 11.4 Å². The van der Waals surface area contributed by atoms with Gasteiger partial charge in [0.15, 0.2) is 0 Å². The number of halogens is 1. The van der Waals surface area contributed by atoms with E-state index in [9.17, 15) is 14.4 Å². The van der Waals surface area contributed by atoms with E-state index < -0.39 is 5.92 Å². The zero-order valence-corrected chi connectivity index (χ0v) is 17.9. The van der Waals surface area contributed by atoms with Gasteiger partial charge in [-0.25, -0.2) is 0 Å². The van der Waals surface area contributed by atoms with Crippen molar-refractivity contribution in [2.24, 2.45) is 11.8 Å². The SMILES string of the molecule is CC(C)CC(=O)Nc1cccc(CNC(=O)C2CCN(c3ccc(Cl)cc3)C2=O)c1. The summed E-state index contributed by atoms with van der Waals surface area (Å²) in [4.78, 5) is 38.8. The maximum atomic E-state index is 12.7. The smallest absolute Gasteiger partial charge is 0.239 e. The molecule has 0 aliphatic carbocycles. The second-order valence-electron chi connectivity index (χ2n) is 7.87. The lowest BCUT2D eigenvalue weighted by atomic mass is 10.1. The summed E-state index contributed by atoms with van der Waals surface area (Å²) >= 11 is 5.90. The predicted molar refractivity (Wildman–Crippen MR) is 118 cm³/mol. The largest absolute Gasteiger partial charge is 0.351 e. The van der Waals surface area contributed by atoms with E-state index in [1.807, 2.05) is 38.1 Å². The number of benzene rings is 2. The van der Waals surface area contributed by atoms with Crippen LogP contribution in [0.3, 0.4) is 0 Å². The van der Waals surface area contributed by atoms with Crippen molar-refractivity contribution in [2.45, 2.75) is 33.2 Å². The number of nitrogens with one attached hydrogen (secondary N) is 2. The Morgan fingerprint density at radius 1 is 1.17 bits per heavy atom. The Hall–Kier alpha value is -2.86. The molecule has 1 atom stereocenters. The second-order valence-corrected chi connectivity index (χ2v) is 8.31. The summed E-state index contributed by atoms with van der Waals surface area (Å²) in [6.07, 6.45) is 0.924. The van der Waals surface area contributed by atoms with Gasteiger partial charge in [-0.05, 0) is 54.3 Å². The first-order valence-electron chi connectivity index (χ1n) is 10.1. The molecule has 0 aromatic heterocycles. The van der Waals surface area contributed by atoms with Gasteiger partial charge in [0, 0.05) is 35.9 Å². The number of rotatable bonds is 7. The third-order valence-corrected chi connectivity index (χ3v) is 5.18. The summed E-state index contributed by atoms with van der Waals surface area (Å²) in [6, 6.07) is 14.3. The first kappa shape index (κ1) is 21.8. The van der Waals surface area contributed by atoms with Crippen molar-refractivity contribution in [2.75, 3.05) is 16.8 Å². The van der Waals surface area contributed by atoms with Crippen molar-refractivity contribution >= 4 is 40.7 Å². The van der Waals surface area contributed by atoms with E-state index >= 15 is 0 Å². The molecule has 158 valence electrons. The van der Waals surface area contributed by atoms with Gasteiger partial charge in [-0.1, -0.05) is 37.6 Å². The van der Waals surface area contributed by atoms with E-state index in [1.165, 1.54) is 0 Å². The van der Waals surface area contributed by atoms with Crippen molar-refractivity contribution in [3.05, 3.63) is 59.1 Å². The molecule has 1 aliphatic rings. The number of carbonyl (C=O) groups is 3. The van der Waals surface area contributed by atoms with Crippen LogP contribution in [0.5, 0.6) is 0 Å². The number of hydrogen-bond acceptors (Lipinski definition) is 3. The molecule has 0 bridgehead atoms. The molecule has 3 rings (SSSR count). The average Bonchev–Trinajstić information content (AvgIpc) is 3.08. The van der Waals surface area contributed by atoms with Gasteiger partial charge in [0.25, 0.3) is 0 Å². The minimum absolute atomic E-state index is 0.0370. The van der Waals surface area contributed by atoms with Crippen molar-refractivity contribution in [1.29, 1.82) is 0 Å². The molecule has 0 spiro atoms. The Morgan fingerprint density at radius 3 is 2.60 bits per heavy atom. The van der Waals surface area contributed by atoms with E-state index in [-0.39, 0.29) is 30.2 Å². The Bertz CT molecular complexity index is 928. The zero-order chi connectivity index (χ0) is 21.7. The van der Waals surface area contributed by atoms with E-state index in [4.69, 9.17) is 11.6 Å². The van der Waals surface area contributed by atoms with Crippen LogP contribution >= 0.6 is 11.6 Å². The molecule has 6 nitrogen and oxygen atoms in total. The van der Waals surface area contributed by atoms with Crippen LogP contribution in [0.15, 0.2) is 48.5 Å². The number of amides is 3. The maximum absolute atomic E-state index is 12.7. The van der Waals surface area contributed by atoms with Gasteiger partial charge in [-0.15, -0.1) is 0 Å². The van der Waals surface area contributed by atoms with Gasteiger partial charge in [-0.3, -0.25) is 14.4 Å². The molecular weight excluding hydrogens is 402 g/mol. The molecule has 2 aromatic rings. The number of nitrogens with zero attached hydrogens (tertiary/aromatic N) is 1. The Labute approximate surface area is 181 Å². The van der Waals surface area contributed by atoms with E-state index in [0.717, 1.165) is 11.3 Å². The molecule has 3 amide bonds. The first-order chi connectivity index (χ1) is 14.3. The molecule has 0 saturated carbocycles. The van der Waals surface area contributed by atoms with Crippen LogP contribution in [0.2, 0.25) is 5.02 Å². The molecule has 0 radical (unpaired) electrons. The lowest BCUT2D eigenvalue weighted by Crippen LogP contribution is -2.36. The highest BCUT2D eigenvalue weighted by atomic mass is 35.5. The van der Waals surface area contributed by atoms with Gasteiger partial charge in [-0.2, -0.15) is 0 Å². The van der Waals surface area contributed by atoms with Crippen LogP contribution in [-0.2, 0) is 20.9 Å². The van der Waals surface area contributed by atoms with Crippen LogP contribution in [0, 0.1) is 11.8 Å². The molecule has 30 heavy (non-hydrogen) atoms. The maximum Gasteiger partial charge on any atom is 0.239 e. The lowest BCUT2D eigenvalue weighted by molar-refractivity contribution is -0.132. The fraction of sp³-hybridized carbons (Fsp3) is 0.348. The van der Waals surface area contributed by atoms with Crippen LogP contribution in [-0.4, -0.2) is 24.3 Å². The van der Waals surface area contributed by atoms with Crippen molar-refractivity contribution in [1.82, 2.24) is 5.32 Å². The normalized spacial score (nSPS) is 16.1. The molecule has 2 aromatic carbocycles. The Kier molecular flexibility index (Phi) is 7.11.